The highest BCUT2D eigenvalue weighted by molar-refractivity contribution is 5.95. The second-order valence-electron chi connectivity index (χ2n) is 6.64. The quantitative estimate of drug-likeness (QED) is 0.861. The predicted molar refractivity (Wildman–Crippen MR) is 89.2 cm³/mol. The highest BCUT2D eigenvalue weighted by atomic mass is 16.5. The number of nitrogens with zero attached hydrogens (tertiary/aromatic N) is 5. The number of benzene rings is 1. The van der Waals surface area contributed by atoms with Gasteiger partial charge in [-0.25, -0.2) is 0 Å². The number of rotatable bonds is 4. The molecule has 0 unspecified atom stereocenters. The Kier molecular flexibility index (Phi) is 4.51. The van der Waals surface area contributed by atoms with E-state index in [0.717, 1.165) is 25.9 Å². The number of carbonyl (C=O) groups excluding carboxylic acids is 1. The molecule has 3 rings (SSSR count). The minimum atomic E-state index is 0.0475. The van der Waals surface area contributed by atoms with E-state index >= 15 is 0 Å². The lowest BCUT2D eigenvalue weighted by Gasteiger charge is -2.40. The van der Waals surface area contributed by atoms with Crippen molar-refractivity contribution in [3.63, 3.8) is 0 Å². The van der Waals surface area contributed by atoms with Crippen molar-refractivity contribution in [2.24, 2.45) is 5.41 Å². The van der Waals surface area contributed by atoms with Crippen LogP contribution >= 0.6 is 0 Å². The molecule has 1 aliphatic heterocycles. The standard InChI is InChI=1S/C17H23N5O2/c1-4-17(2)8-5-9-21(11-17)16(23)13-6-7-15(24-3)14(10-13)22-12-18-19-20-22/h6-7,10,12H,4-5,8-9,11H2,1-3H3/t17-/m0/s1. The van der Waals surface area contributed by atoms with Crippen LogP contribution in [0.2, 0.25) is 0 Å². The van der Waals surface area contributed by atoms with Gasteiger partial charge < -0.3 is 9.64 Å². The number of likely N-dealkylation sites (tertiary alicyclic amines) is 1. The number of amides is 1. The van der Waals surface area contributed by atoms with Gasteiger partial charge in [-0.2, -0.15) is 4.68 Å². The van der Waals surface area contributed by atoms with Crippen LogP contribution in [0.1, 0.15) is 43.5 Å². The number of hydrogen-bond donors (Lipinski definition) is 0. The van der Waals surface area contributed by atoms with Gasteiger partial charge in [-0.05, 0) is 53.3 Å². The molecule has 1 saturated heterocycles. The van der Waals surface area contributed by atoms with Gasteiger partial charge in [0, 0.05) is 18.7 Å². The molecule has 2 heterocycles. The monoisotopic (exact) mass is 329 g/mol. The fourth-order valence-corrected chi connectivity index (χ4v) is 3.23. The number of piperidine rings is 1. The van der Waals surface area contributed by atoms with Gasteiger partial charge in [-0.1, -0.05) is 13.8 Å². The summed E-state index contributed by atoms with van der Waals surface area (Å²) in [5, 5.41) is 11.2. The van der Waals surface area contributed by atoms with Gasteiger partial charge in [0.05, 0.1) is 7.11 Å². The Labute approximate surface area is 141 Å². The molecule has 1 fully saturated rings. The molecule has 0 aliphatic carbocycles. The van der Waals surface area contributed by atoms with Crippen molar-refractivity contribution in [1.82, 2.24) is 25.1 Å². The van der Waals surface area contributed by atoms with Gasteiger partial charge in [-0.3, -0.25) is 4.79 Å². The van der Waals surface area contributed by atoms with Crippen LogP contribution in [0, 0.1) is 5.41 Å². The van der Waals surface area contributed by atoms with E-state index in [2.05, 4.69) is 29.4 Å². The van der Waals surface area contributed by atoms with Crippen molar-refractivity contribution in [1.29, 1.82) is 0 Å². The van der Waals surface area contributed by atoms with Gasteiger partial charge in [-0.15, -0.1) is 5.10 Å². The third kappa shape index (κ3) is 3.11. The third-order valence-corrected chi connectivity index (χ3v) is 4.94. The number of ether oxygens (including phenoxy) is 1. The van der Waals surface area contributed by atoms with E-state index in [1.54, 1.807) is 25.3 Å². The summed E-state index contributed by atoms with van der Waals surface area (Å²) in [4.78, 5) is 14.9. The maximum atomic E-state index is 12.9. The van der Waals surface area contributed by atoms with Crippen molar-refractivity contribution >= 4 is 5.91 Å². The van der Waals surface area contributed by atoms with Crippen LogP contribution in [0.25, 0.3) is 5.69 Å². The maximum absolute atomic E-state index is 12.9. The van der Waals surface area contributed by atoms with Crippen molar-refractivity contribution in [2.45, 2.75) is 33.1 Å². The van der Waals surface area contributed by atoms with Crippen LogP contribution in [0.4, 0.5) is 0 Å². The average Bonchev–Trinajstić information content (AvgIpc) is 3.15. The molecule has 0 bridgehead atoms. The Hall–Kier alpha value is -2.44. The second kappa shape index (κ2) is 6.59. The molecule has 1 aliphatic rings. The minimum absolute atomic E-state index is 0.0475. The van der Waals surface area contributed by atoms with Crippen LogP contribution in [0.3, 0.4) is 0 Å². The highest BCUT2D eigenvalue weighted by Crippen LogP contribution is 2.33. The normalized spacial score (nSPS) is 20.9. The SMILES string of the molecule is CC[C@@]1(C)CCCN(C(=O)c2ccc(OC)c(-n3cnnn3)c2)C1. The zero-order chi connectivity index (χ0) is 17.2. The molecular formula is C17H23N5O2. The molecule has 1 amide bonds. The third-order valence-electron chi connectivity index (χ3n) is 4.94. The van der Waals surface area contributed by atoms with Gasteiger partial charge in [0.15, 0.2) is 0 Å². The molecule has 7 nitrogen and oxygen atoms in total. The lowest BCUT2D eigenvalue weighted by atomic mass is 9.79. The summed E-state index contributed by atoms with van der Waals surface area (Å²) in [5.41, 5.74) is 1.49. The molecule has 2 aromatic rings. The van der Waals surface area contributed by atoms with Crippen LogP contribution in [-0.2, 0) is 0 Å². The fraction of sp³-hybridized carbons (Fsp3) is 0.529. The summed E-state index contributed by atoms with van der Waals surface area (Å²) in [7, 11) is 1.59. The smallest absolute Gasteiger partial charge is 0.253 e. The number of hydrogen-bond acceptors (Lipinski definition) is 5. The Morgan fingerprint density at radius 3 is 2.92 bits per heavy atom. The Morgan fingerprint density at radius 1 is 1.42 bits per heavy atom. The first-order valence-electron chi connectivity index (χ1n) is 8.27. The Bertz CT molecular complexity index is 716. The largest absolute Gasteiger partial charge is 0.494 e. The van der Waals surface area contributed by atoms with E-state index in [-0.39, 0.29) is 11.3 Å². The van der Waals surface area contributed by atoms with Crippen molar-refractivity contribution in [2.75, 3.05) is 20.2 Å². The summed E-state index contributed by atoms with van der Waals surface area (Å²) < 4.78 is 6.86. The van der Waals surface area contributed by atoms with E-state index in [0.29, 0.717) is 17.0 Å². The molecule has 0 spiro atoms. The lowest BCUT2D eigenvalue weighted by molar-refractivity contribution is 0.0543. The first-order valence-corrected chi connectivity index (χ1v) is 8.27. The summed E-state index contributed by atoms with van der Waals surface area (Å²) in [6.45, 7) is 6.05. The lowest BCUT2D eigenvalue weighted by Crippen LogP contribution is -2.44. The van der Waals surface area contributed by atoms with Crippen LogP contribution in [-0.4, -0.2) is 51.2 Å². The van der Waals surface area contributed by atoms with Gasteiger partial charge in [0.1, 0.15) is 17.8 Å². The first kappa shape index (κ1) is 16.4. The highest BCUT2D eigenvalue weighted by Gasteiger charge is 2.32. The molecule has 1 aromatic carbocycles. The molecule has 24 heavy (non-hydrogen) atoms. The summed E-state index contributed by atoms with van der Waals surface area (Å²) in [6.07, 6.45) is 4.79. The molecular weight excluding hydrogens is 306 g/mol. The van der Waals surface area contributed by atoms with Crippen LogP contribution < -0.4 is 4.74 Å². The first-order chi connectivity index (χ1) is 11.6. The average molecular weight is 329 g/mol. The zero-order valence-corrected chi connectivity index (χ0v) is 14.4. The minimum Gasteiger partial charge on any atom is -0.494 e. The maximum Gasteiger partial charge on any atom is 0.253 e. The molecule has 1 aromatic heterocycles. The predicted octanol–water partition coefficient (Wildman–Crippen LogP) is 2.32. The van der Waals surface area contributed by atoms with E-state index < -0.39 is 0 Å². The van der Waals surface area contributed by atoms with Gasteiger partial charge >= 0.3 is 0 Å². The Balaban J connectivity index is 1.89. The second-order valence-corrected chi connectivity index (χ2v) is 6.64. The molecule has 128 valence electrons. The summed E-state index contributed by atoms with van der Waals surface area (Å²) >= 11 is 0. The van der Waals surface area contributed by atoms with Gasteiger partial charge in [0.2, 0.25) is 0 Å². The van der Waals surface area contributed by atoms with Crippen LogP contribution in [0.15, 0.2) is 24.5 Å². The van der Waals surface area contributed by atoms with E-state index in [1.807, 2.05) is 4.90 Å². The summed E-state index contributed by atoms with van der Waals surface area (Å²) in [6, 6.07) is 5.37. The molecule has 1 atom stereocenters. The number of carbonyl (C=O) groups is 1. The topological polar surface area (TPSA) is 73.1 Å². The molecule has 0 N–H and O–H groups in total. The zero-order valence-electron chi connectivity index (χ0n) is 14.4. The molecule has 0 radical (unpaired) electrons. The number of aromatic nitrogens is 4. The van der Waals surface area contributed by atoms with Crippen LogP contribution in [0.5, 0.6) is 5.75 Å². The fourth-order valence-electron chi connectivity index (χ4n) is 3.23. The molecule has 0 saturated carbocycles. The van der Waals surface area contributed by atoms with Crippen molar-refractivity contribution in [3.05, 3.63) is 30.1 Å². The summed E-state index contributed by atoms with van der Waals surface area (Å²) in [5.74, 6) is 0.669. The van der Waals surface area contributed by atoms with E-state index in [4.69, 9.17) is 4.74 Å². The van der Waals surface area contributed by atoms with Crippen molar-refractivity contribution < 1.29 is 9.53 Å². The van der Waals surface area contributed by atoms with E-state index in [9.17, 15) is 4.79 Å². The van der Waals surface area contributed by atoms with E-state index in [1.165, 1.54) is 17.4 Å². The number of tetrazole rings is 1. The number of methoxy groups -OCH3 is 1. The van der Waals surface area contributed by atoms with Crippen molar-refractivity contribution in [3.8, 4) is 11.4 Å². The molecule has 7 heteroatoms. The Morgan fingerprint density at radius 2 is 2.25 bits per heavy atom. The van der Waals surface area contributed by atoms with Gasteiger partial charge in [0.25, 0.3) is 5.91 Å².